The highest BCUT2D eigenvalue weighted by Gasteiger charge is 2.09. The molecule has 0 saturated heterocycles. The van der Waals surface area contributed by atoms with Gasteiger partial charge in [-0.1, -0.05) is 63.4 Å². The first kappa shape index (κ1) is 14.2. The van der Waals surface area contributed by atoms with Gasteiger partial charge in [-0.25, -0.2) is 0 Å². The molecule has 0 aliphatic carbocycles. The molecule has 1 N–H and O–H groups in total. The van der Waals surface area contributed by atoms with Gasteiger partial charge in [0.25, 0.3) is 0 Å². The molecule has 0 fully saturated rings. The lowest BCUT2D eigenvalue weighted by Crippen LogP contribution is -2.25. The van der Waals surface area contributed by atoms with E-state index in [4.69, 9.17) is 0 Å². The molecule has 0 radical (unpaired) electrons. The van der Waals surface area contributed by atoms with E-state index in [1.54, 1.807) is 0 Å². The topological polar surface area (TPSA) is 12.0 Å². The number of hydrogen-bond donors (Lipinski definition) is 1. The lowest BCUT2D eigenvalue weighted by atomic mass is 9.98. The Bertz CT molecular complexity index is 281. The maximum absolute atomic E-state index is 3.66. The highest BCUT2D eigenvalue weighted by molar-refractivity contribution is 5.17. The molecule has 0 aromatic heterocycles. The van der Waals surface area contributed by atoms with Crippen molar-refractivity contribution in [1.82, 2.24) is 5.32 Å². The van der Waals surface area contributed by atoms with Gasteiger partial charge >= 0.3 is 0 Å². The van der Waals surface area contributed by atoms with Crippen LogP contribution in [0.15, 0.2) is 30.3 Å². The van der Waals surface area contributed by atoms with Gasteiger partial charge in [0.2, 0.25) is 0 Å². The number of rotatable bonds is 8. The Kier molecular flexibility index (Phi) is 6.95. The Hall–Kier alpha value is -0.820. The molecule has 0 saturated carbocycles. The third-order valence-electron chi connectivity index (χ3n) is 3.56. The van der Waals surface area contributed by atoms with E-state index < -0.39 is 0 Å². The summed E-state index contributed by atoms with van der Waals surface area (Å²) in [6.07, 6.45) is 5.32. The van der Waals surface area contributed by atoms with Gasteiger partial charge < -0.3 is 5.32 Å². The minimum atomic E-state index is 0.465. The Morgan fingerprint density at radius 1 is 1.12 bits per heavy atom. The van der Waals surface area contributed by atoms with Crippen molar-refractivity contribution in [2.45, 2.75) is 52.5 Å². The van der Waals surface area contributed by atoms with E-state index in [0.717, 1.165) is 12.5 Å². The first-order valence-corrected chi connectivity index (χ1v) is 7.06. The van der Waals surface area contributed by atoms with Crippen LogP contribution in [-0.2, 0) is 0 Å². The summed E-state index contributed by atoms with van der Waals surface area (Å²) in [5.74, 6) is 0.834. The third kappa shape index (κ3) is 5.36. The zero-order chi connectivity index (χ0) is 12.5. The lowest BCUT2D eigenvalue weighted by molar-refractivity contribution is 0.398. The van der Waals surface area contributed by atoms with Crippen molar-refractivity contribution in [2.75, 3.05) is 6.54 Å². The van der Waals surface area contributed by atoms with Crippen molar-refractivity contribution in [3.8, 4) is 0 Å². The highest BCUT2D eigenvalue weighted by Crippen LogP contribution is 2.15. The molecular weight excluding hydrogens is 206 g/mol. The average Bonchev–Trinajstić information content (AvgIpc) is 2.39. The molecule has 1 unspecified atom stereocenters. The summed E-state index contributed by atoms with van der Waals surface area (Å²) in [4.78, 5) is 0. The average molecular weight is 233 g/mol. The van der Waals surface area contributed by atoms with Gasteiger partial charge in [0, 0.05) is 6.04 Å². The van der Waals surface area contributed by atoms with E-state index in [-0.39, 0.29) is 0 Å². The van der Waals surface area contributed by atoms with Gasteiger partial charge in [-0.05, 0) is 31.4 Å². The van der Waals surface area contributed by atoms with Crippen LogP contribution in [0.2, 0.25) is 0 Å². The predicted octanol–water partition coefficient (Wildman–Crippen LogP) is 4.55. The first-order valence-electron chi connectivity index (χ1n) is 7.06. The fourth-order valence-corrected chi connectivity index (χ4v) is 2.15. The largest absolute Gasteiger partial charge is 0.310 e. The van der Waals surface area contributed by atoms with Crippen LogP contribution in [0.1, 0.15) is 58.1 Å². The molecule has 0 bridgehead atoms. The molecule has 1 aromatic rings. The molecule has 96 valence electrons. The Morgan fingerprint density at radius 2 is 1.82 bits per heavy atom. The van der Waals surface area contributed by atoms with Crippen molar-refractivity contribution in [3.05, 3.63) is 35.9 Å². The highest BCUT2D eigenvalue weighted by atomic mass is 14.9. The first-order chi connectivity index (χ1) is 8.27. The monoisotopic (exact) mass is 233 g/mol. The Labute approximate surface area is 107 Å². The minimum absolute atomic E-state index is 0.465. The van der Waals surface area contributed by atoms with Crippen molar-refractivity contribution >= 4 is 0 Å². The fourth-order valence-electron chi connectivity index (χ4n) is 2.15. The maximum Gasteiger partial charge on any atom is 0.0291 e. The Balaban J connectivity index is 2.33. The zero-order valence-corrected chi connectivity index (χ0v) is 11.6. The van der Waals surface area contributed by atoms with Crippen molar-refractivity contribution in [2.24, 2.45) is 5.92 Å². The van der Waals surface area contributed by atoms with Gasteiger partial charge in [0.1, 0.15) is 0 Å². The fraction of sp³-hybridized carbons (Fsp3) is 0.625. The molecule has 1 heteroatoms. The van der Waals surface area contributed by atoms with E-state index >= 15 is 0 Å². The molecule has 0 heterocycles. The van der Waals surface area contributed by atoms with E-state index in [1.165, 1.54) is 31.2 Å². The molecule has 2 atom stereocenters. The molecule has 0 aliphatic rings. The second-order valence-corrected chi connectivity index (χ2v) is 4.96. The van der Waals surface area contributed by atoms with Gasteiger partial charge in [0.15, 0.2) is 0 Å². The van der Waals surface area contributed by atoms with Crippen molar-refractivity contribution in [3.63, 3.8) is 0 Å². The number of nitrogens with one attached hydrogen (secondary N) is 1. The van der Waals surface area contributed by atoms with Crippen LogP contribution >= 0.6 is 0 Å². The molecule has 0 aliphatic heterocycles. The summed E-state index contributed by atoms with van der Waals surface area (Å²) >= 11 is 0. The van der Waals surface area contributed by atoms with Gasteiger partial charge in [-0.15, -0.1) is 0 Å². The summed E-state index contributed by atoms with van der Waals surface area (Å²) in [5, 5.41) is 3.66. The minimum Gasteiger partial charge on any atom is -0.310 e. The molecular formula is C16H27N. The smallest absolute Gasteiger partial charge is 0.0291 e. The normalized spacial score (nSPS) is 14.5. The maximum atomic E-state index is 3.66. The van der Waals surface area contributed by atoms with Gasteiger partial charge in [-0.3, -0.25) is 0 Å². The van der Waals surface area contributed by atoms with Gasteiger partial charge in [-0.2, -0.15) is 0 Å². The van der Waals surface area contributed by atoms with Crippen LogP contribution in [0.4, 0.5) is 0 Å². The van der Waals surface area contributed by atoms with Crippen LogP contribution in [-0.4, -0.2) is 6.54 Å². The molecule has 17 heavy (non-hydrogen) atoms. The van der Waals surface area contributed by atoms with E-state index in [1.807, 2.05) is 0 Å². The van der Waals surface area contributed by atoms with Crippen molar-refractivity contribution < 1.29 is 0 Å². The van der Waals surface area contributed by atoms with Gasteiger partial charge in [0.05, 0.1) is 0 Å². The number of hydrogen-bond acceptors (Lipinski definition) is 1. The summed E-state index contributed by atoms with van der Waals surface area (Å²) in [6.45, 7) is 7.97. The molecule has 1 nitrogen and oxygen atoms in total. The van der Waals surface area contributed by atoms with E-state index in [9.17, 15) is 0 Å². The number of unbranched alkanes of at least 4 members (excludes halogenated alkanes) is 1. The summed E-state index contributed by atoms with van der Waals surface area (Å²) in [5.41, 5.74) is 1.39. The molecule has 0 spiro atoms. The Morgan fingerprint density at radius 3 is 2.41 bits per heavy atom. The predicted molar refractivity (Wildman–Crippen MR) is 76.2 cm³/mol. The third-order valence-corrected chi connectivity index (χ3v) is 3.56. The number of benzene rings is 1. The van der Waals surface area contributed by atoms with Crippen LogP contribution in [0.3, 0.4) is 0 Å². The quantitative estimate of drug-likeness (QED) is 0.694. The molecule has 0 amide bonds. The molecule has 1 aromatic carbocycles. The van der Waals surface area contributed by atoms with E-state index in [0.29, 0.717) is 6.04 Å². The van der Waals surface area contributed by atoms with E-state index in [2.05, 4.69) is 56.4 Å². The summed E-state index contributed by atoms with van der Waals surface area (Å²) in [7, 11) is 0. The van der Waals surface area contributed by atoms with Crippen LogP contribution in [0, 0.1) is 5.92 Å². The lowest BCUT2D eigenvalue weighted by Gasteiger charge is -2.19. The second kappa shape index (κ2) is 8.30. The summed E-state index contributed by atoms with van der Waals surface area (Å²) < 4.78 is 0. The van der Waals surface area contributed by atoms with Crippen molar-refractivity contribution in [1.29, 1.82) is 0 Å². The SMILES string of the molecule is CCCCC(CC)CN[C@H](C)c1ccccc1. The van der Waals surface area contributed by atoms with Crippen LogP contribution < -0.4 is 5.32 Å². The molecule has 1 rings (SSSR count). The second-order valence-electron chi connectivity index (χ2n) is 4.96. The van der Waals surface area contributed by atoms with Crippen LogP contribution in [0.25, 0.3) is 0 Å². The summed E-state index contributed by atoms with van der Waals surface area (Å²) in [6, 6.07) is 11.2. The zero-order valence-electron chi connectivity index (χ0n) is 11.6. The van der Waals surface area contributed by atoms with Crippen LogP contribution in [0.5, 0.6) is 0 Å². The standard InChI is InChI=1S/C16H27N/c1-4-6-10-15(5-2)13-17-14(3)16-11-8-7-9-12-16/h7-9,11-12,14-15,17H,4-6,10,13H2,1-3H3/t14-,15?/m1/s1.